The summed E-state index contributed by atoms with van der Waals surface area (Å²) in [7, 11) is 0. The van der Waals surface area contributed by atoms with Crippen LogP contribution in [-0.4, -0.2) is 0 Å². The summed E-state index contributed by atoms with van der Waals surface area (Å²) in [6, 6.07) is 15.5. The Balaban J connectivity index is 0.00000117. The molecule has 3 aromatic carbocycles. The number of hydrogen-bond donors (Lipinski definition) is 0. The van der Waals surface area contributed by atoms with Crippen molar-refractivity contribution in [1.29, 1.82) is 0 Å². The minimum absolute atomic E-state index is 0.199. The minimum Gasteiger partial charge on any atom is -0.207 e. The third-order valence-electron chi connectivity index (χ3n) is 5.29. The fourth-order valence-electron chi connectivity index (χ4n) is 3.30. The molecular formula is C25H29F. The normalized spacial score (nSPS) is 10.3. The summed E-state index contributed by atoms with van der Waals surface area (Å²) in [5.41, 5.74) is 11.3. The fraction of sp³-hybridized carbons (Fsp3) is 0.280. The Labute approximate surface area is 157 Å². The van der Waals surface area contributed by atoms with Gasteiger partial charge in [0.25, 0.3) is 0 Å². The second-order valence-electron chi connectivity index (χ2n) is 6.60. The van der Waals surface area contributed by atoms with Crippen molar-refractivity contribution in [2.45, 2.75) is 48.5 Å². The number of aryl methyl sites for hydroxylation is 1. The highest BCUT2D eigenvalue weighted by Gasteiger charge is 2.12. The van der Waals surface area contributed by atoms with Crippen LogP contribution in [0.2, 0.25) is 0 Å². The van der Waals surface area contributed by atoms with Crippen LogP contribution in [0.5, 0.6) is 0 Å². The molecule has 0 aliphatic carbocycles. The van der Waals surface area contributed by atoms with Gasteiger partial charge in [-0.15, -0.1) is 0 Å². The van der Waals surface area contributed by atoms with Gasteiger partial charge in [-0.3, -0.25) is 0 Å². The first kappa shape index (κ1) is 19.9. The molecule has 0 aliphatic heterocycles. The lowest BCUT2D eigenvalue weighted by molar-refractivity contribution is 0.628. The Bertz CT molecular complexity index is 902. The highest BCUT2D eigenvalue weighted by molar-refractivity contribution is 5.79. The average Bonchev–Trinajstić information content (AvgIpc) is 2.65. The molecule has 0 saturated heterocycles. The molecule has 0 atom stereocenters. The third-order valence-corrected chi connectivity index (χ3v) is 5.29. The van der Waals surface area contributed by atoms with Crippen LogP contribution in [0.1, 0.15) is 41.7 Å². The van der Waals surface area contributed by atoms with E-state index in [-0.39, 0.29) is 5.82 Å². The zero-order valence-corrected chi connectivity index (χ0v) is 17.0. The van der Waals surface area contributed by atoms with Crippen LogP contribution in [0.25, 0.3) is 22.3 Å². The Morgan fingerprint density at radius 2 is 0.923 bits per heavy atom. The van der Waals surface area contributed by atoms with E-state index >= 15 is 0 Å². The lowest BCUT2D eigenvalue weighted by atomic mass is 9.87. The van der Waals surface area contributed by atoms with Gasteiger partial charge in [0.05, 0.1) is 0 Å². The molecule has 0 nitrogen and oxygen atoms in total. The number of benzene rings is 3. The molecule has 1 heteroatoms. The van der Waals surface area contributed by atoms with Crippen LogP contribution in [-0.2, 0) is 0 Å². The van der Waals surface area contributed by atoms with Crippen molar-refractivity contribution >= 4 is 0 Å². The highest BCUT2D eigenvalue weighted by Crippen LogP contribution is 2.35. The summed E-state index contributed by atoms with van der Waals surface area (Å²) < 4.78 is 13.2. The van der Waals surface area contributed by atoms with Crippen molar-refractivity contribution in [3.63, 3.8) is 0 Å². The van der Waals surface area contributed by atoms with E-state index in [1.165, 1.54) is 51.1 Å². The predicted octanol–water partition coefficient (Wildman–Crippen LogP) is 7.73. The van der Waals surface area contributed by atoms with Crippen molar-refractivity contribution in [3.8, 4) is 22.3 Å². The van der Waals surface area contributed by atoms with Crippen LogP contribution in [0.3, 0.4) is 0 Å². The minimum atomic E-state index is -0.199. The zero-order valence-electron chi connectivity index (χ0n) is 17.0. The molecule has 3 aromatic rings. The second-order valence-corrected chi connectivity index (χ2v) is 6.60. The molecule has 0 aliphatic rings. The van der Waals surface area contributed by atoms with Gasteiger partial charge in [-0.05, 0) is 96.8 Å². The molecule has 0 unspecified atom stereocenters. The number of rotatable bonds is 2. The number of hydrogen-bond acceptors (Lipinski definition) is 0. The SMILES string of the molecule is CC.Cc1ccc(-c2ccc(-c3ccc(F)cc3)c(C)c2C)c(C)c1C. The molecule has 0 heterocycles. The van der Waals surface area contributed by atoms with E-state index < -0.39 is 0 Å². The standard InChI is InChI=1S/C23H23F.C2H6/c1-14-6-11-22(16(3)15(14)2)23-13-12-21(17(4)18(23)5)19-7-9-20(24)10-8-19;1-2/h6-13H,1-5H3;1-2H3. The van der Waals surface area contributed by atoms with E-state index in [0.717, 1.165) is 11.1 Å². The van der Waals surface area contributed by atoms with Gasteiger partial charge < -0.3 is 0 Å². The van der Waals surface area contributed by atoms with Gasteiger partial charge in [-0.2, -0.15) is 0 Å². The summed E-state index contributed by atoms with van der Waals surface area (Å²) in [6.07, 6.45) is 0. The lowest BCUT2D eigenvalue weighted by Gasteiger charge is -2.17. The topological polar surface area (TPSA) is 0 Å². The van der Waals surface area contributed by atoms with E-state index in [9.17, 15) is 4.39 Å². The molecule has 0 fully saturated rings. The van der Waals surface area contributed by atoms with Crippen molar-refractivity contribution in [2.75, 3.05) is 0 Å². The van der Waals surface area contributed by atoms with Gasteiger partial charge >= 0.3 is 0 Å². The Kier molecular flexibility index (Phi) is 6.37. The smallest absolute Gasteiger partial charge is 0.123 e. The van der Waals surface area contributed by atoms with E-state index in [4.69, 9.17) is 0 Å². The highest BCUT2D eigenvalue weighted by atomic mass is 19.1. The van der Waals surface area contributed by atoms with Crippen LogP contribution in [0.4, 0.5) is 4.39 Å². The first-order chi connectivity index (χ1) is 12.4. The van der Waals surface area contributed by atoms with Gasteiger partial charge in [-0.1, -0.05) is 50.2 Å². The van der Waals surface area contributed by atoms with Gasteiger partial charge in [0.1, 0.15) is 5.82 Å². The quantitative estimate of drug-likeness (QED) is 0.444. The molecule has 0 aromatic heterocycles. The van der Waals surface area contributed by atoms with Crippen molar-refractivity contribution in [1.82, 2.24) is 0 Å². The molecule has 0 N–H and O–H groups in total. The van der Waals surface area contributed by atoms with Gasteiger partial charge in [-0.25, -0.2) is 4.39 Å². The summed E-state index contributed by atoms with van der Waals surface area (Å²) in [5.74, 6) is -0.199. The van der Waals surface area contributed by atoms with Crippen LogP contribution in [0, 0.1) is 40.4 Å². The summed E-state index contributed by atoms with van der Waals surface area (Å²) in [6.45, 7) is 14.9. The molecule has 0 saturated carbocycles. The number of halogens is 1. The first-order valence-electron chi connectivity index (χ1n) is 9.33. The van der Waals surface area contributed by atoms with E-state index in [2.05, 4.69) is 58.9 Å². The van der Waals surface area contributed by atoms with Crippen LogP contribution in [0.15, 0.2) is 48.5 Å². The lowest BCUT2D eigenvalue weighted by Crippen LogP contribution is -1.96. The Hall–Kier alpha value is -2.41. The average molecular weight is 349 g/mol. The van der Waals surface area contributed by atoms with Gasteiger partial charge in [0.15, 0.2) is 0 Å². The Morgan fingerprint density at radius 3 is 1.50 bits per heavy atom. The maximum absolute atomic E-state index is 13.2. The van der Waals surface area contributed by atoms with Crippen LogP contribution >= 0.6 is 0 Å². The predicted molar refractivity (Wildman–Crippen MR) is 112 cm³/mol. The molecule has 0 spiro atoms. The molecule has 0 bridgehead atoms. The largest absolute Gasteiger partial charge is 0.207 e. The first-order valence-corrected chi connectivity index (χ1v) is 9.33. The van der Waals surface area contributed by atoms with E-state index in [1.54, 1.807) is 0 Å². The third kappa shape index (κ3) is 3.72. The monoisotopic (exact) mass is 348 g/mol. The molecule has 136 valence electrons. The summed E-state index contributed by atoms with van der Waals surface area (Å²) in [5, 5.41) is 0. The molecule has 3 rings (SSSR count). The molecule has 26 heavy (non-hydrogen) atoms. The maximum atomic E-state index is 13.2. The van der Waals surface area contributed by atoms with Crippen LogP contribution < -0.4 is 0 Å². The zero-order chi connectivity index (χ0) is 19.4. The Morgan fingerprint density at radius 1 is 0.500 bits per heavy atom. The maximum Gasteiger partial charge on any atom is 0.123 e. The van der Waals surface area contributed by atoms with Crippen molar-refractivity contribution < 1.29 is 4.39 Å². The fourth-order valence-corrected chi connectivity index (χ4v) is 3.30. The summed E-state index contributed by atoms with van der Waals surface area (Å²) in [4.78, 5) is 0. The van der Waals surface area contributed by atoms with E-state index in [1.807, 2.05) is 26.0 Å². The summed E-state index contributed by atoms with van der Waals surface area (Å²) >= 11 is 0. The second kappa shape index (κ2) is 8.31. The van der Waals surface area contributed by atoms with E-state index in [0.29, 0.717) is 0 Å². The van der Waals surface area contributed by atoms with Gasteiger partial charge in [0, 0.05) is 0 Å². The van der Waals surface area contributed by atoms with Gasteiger partial charge in [0.2, 0.25) is 0 Å². The van der Waals surface area contributed by atoms with Crippen molar-refractivity contribution in [3.05, 3.63) is 82.2 Å². The molecule has 0 radical (unpaired) electrons. The van der Waals surface area contributed by atoms with Crippen molar-refractivity contribution in [2.24, 2.45) is 0 Å². The molecular weight excluding hydrogens is 319 g/mol. The molecule has 0 amide bonds.